The van der Waals surface area contributed by atoms with E-state index in [2.05, 4.69) is 32.4 Å². The molecule has 0 aliphatic heterocycles. The number of rotatable bonds is 5. The molecule has 0 atom stereocenters. The SMILES string of the molecule is N#CCC1CC(CC#N)(n2cc(-c3nc(-c4cn[nH]c4)cc4ncccc34)cn2)C1. The number of pyridine rings is 2. The van der Waals surface area contributed by atoms with Crippen molar-refractivity contribution in [3.63, 3.8) is 0 Å². The summed E-state index contributed by atoms with van der Waals surface area (Å²) in [5, 5.41) is 30.7. The van der Waals surface area contributed by atoms with Gasteiger partial charge in [0.05, 0.1) is 53.4 Å². The number of H-pyrrole nitrogens is 1. The molecule has 1 fully saturated rings. The van der Waals surface area contributed by atoms with Crippen LogP contribution in [0, 0.1) is 28.6 Å². The molecule has 4 aromatic rings. The molecular weight excluding hydrogens is 376 g/mol. The lowest BCUT2D eigenvalue weighted by Gasteiger charge is -2.45. The normalized spacial score (nSPS) is 20.4. The van der Waals surface area contributed by atoms with Gasteiger partial charge in [0.1, 0.15) is 0 Å². The highest BCUT2D eigenvalue weighted by atomic mass is 15.3. The number of aromatic amines is 1. The monoisotopic (exact) mass is 394 g/mol. The van der Waals surface area contributed by atoms with E-state index in [4.69, 9.17) is 10.2 Å². The number of aromatic nitrogens is 6. The summed E-state index contributed by atoms with van der Waals surface area (Å²) in [4.78, 5) is 9.39. The molecule has 8 nitrogen and oxygen atoms in total. The summed E-state index contributed by atoms with van der Waals surface area (Å²) >= 11 is 0. The van der Waals surface area contributed by atoms with E-state index in [1.165, 1.54) is 0 Å². The zero-order valence-corrected chi connectivity index (χ0v) is 16.2. The van der Waals surface area contributed by atoms with Gasteiger partial charge < -0.3 is 0 Å². The van der Waals surface area contributed by atoms with Crippen LogP contribution in [-0.4, -0.2) is 29.9 Å². The Labute approximate surface area is 172 Å². The average Bonchev–Trinajstić information content (AvgIpc) is 3.44. The summed E-state index contributed by atoms with van der Waals surface area (Å²) in [5.74, 6) is 0.323. The van der Waals surface area contributed by atoms with Gasteiger partial charge >= 0.3 is 0 Å². The van der Waals surface area contributed by atoms with E-state index in [1.54, 1.807) is 24.8 Å². The summed E-state index contributed by atoms with van der Waals surface area (Å²) < 4.78 is 1.90. The molecule has 1 N–H and O–H groups in total. The van der Waals surface area contributed by atoms with Crippen molar-refractivity contribution in [1.29, 1.82) is 10.5 Å². The lowest BCUT2D eigenvalue weighted by molar-refractivity contribution is 0.0599. The Bertz CT molecular complexity index is 1280. The number of nitrogens with zero attached hydrogens (tertiary/aromatic N) is 7. The number of hydrogen-bond donors (Lipinski definition) is 1. The highest BCUT2D eigenvalue weighted by molar-refractivity contribution is 5.94. The first-order valence-electron chi connectivity index (χ1n) is 9.77. The molecule has 4 heterocycles. The van der Waals surface area contributed by atoms with Crippen LogP contribution in [0.5, 0.6) is 0 Å². The fraction of sp³-hybridized carbons (Fsp3) is 0.273. The molecule has 8 heteroatoms. The van der Waals surface area contributed by atoms with Crippen LogP contribution < -0.4 is 0 Å². The Hall–Kier alpha value is -4.04. The van der Waals surface area contributed by atoms with E-state index >= 15 is 0 Å². The van der Waals surface area contributed by atoms with Gasteiger partial charge in [-0.2, -0.15) is 20.7 Å². The van der Waals surface area contributed by atoms with Crippen molar-refractivity contribution in [3.8, 4) is 34.7 Å². The van der Waals surface area contributed by atoms with Gasteiger partial charge in [-0.1, -0.05) is 0 Å². The van der Waals surface area contributed by atoms with Gasteiger partial charge in [0, 0.05) is 41.5 Å². The average molecular weight is 394 g/mol. The molecule has 1 aliphatic carbocycles. The van der Waals surface area contributed by atoms with Gasteiger partial charge in [-0.05, 0) is 37.0 Å². The number of hydrogen-bond acceptors (Lipinski definition) is 6. The predicted octanol–water partition coefficient (Wildman–Crippen LogP) is 3.82. The minimum Gasteiger partial charge on any atom is -0.285 e. The summed E-state index contributed by atoms with van der Waals surface area (Å²) in [6, 6.07) is 10.4. The van der Waals surface area contributed by atoms with Crippen LogP contribution in [0.2, 0.25) is 0 Å². The van der Waals surface area contributed by atoms with Gasteiger partial charge in [0.2, 0.25) is 0 Å². The molecule has 0 amide bonds. The van der Waals surface area contributed by atoms with Gasteiger partial charge in [0.25, 0.3) is 0 Å². The van der Waals surface area contributed by atoms with Crippen molar-refractivity contribution >= 4 is 10.9 Å². The van der Waals surface area contributed by atoms with E-state index in [0.29, 0.717) is 18.8 Å². The third kappa shape index (κ3) is 2.90. The summed E-state index contributed by atoms with van der Waals surface area (Å²) in [7, 11) is 0. The van der Waals surface area contributed by atoms with E-state index < -0.39 is 0 Å². The van der Waals surface area contributed by atoms with Crippen molar-refractivity contribution in [1.82, 2.24) is 29.9 Å². The smallest absolute Gasteiger partial charge is 0.0835 e. The number of nitrogens with one attached hydrogen (secondary N) is 1. The van der Waals surface area contributed by atoms with Crippen molar-refractivity contribution < 1.29 is 0 Å². The van der Waals surface area contributed by atoms with Crippen LogP contribution in [0.15, 0.2) is 49.2 Å². The van der Waals surface area contributed by atoms with Gasteiger partial charge in [-0.15, -0.1) is 0 Å². The Morgan fingerprint density at radius 2 is 2.10 bits per heavy atom. The third-order valence-corrected chi connectivity index (χ3v) is 5.86. The Morgan fingerprint density at radius 3 is 2.87 bits per heavy atom. The third-order valence-electron chi connectivity index (χ3n) is 5.86. The maximum atomic E-state index is 9.37. The van der Waals surface area contributed by atoms with Crippen LogP contribution in [0.4, 0.5) is 0 Å². The van der Waals surface area contributed by atoms with Crippen molar-refractivity contribution in [2.45, 2.75) is 31.2 Å². The second-order valence-electron chi connectivity index (χ2n) is 7.78. The second kappa shape index (κ2) is 7.09. The quantitative estimate of drug-likeness (QED) is 0.549. The molecule has 1 aliphatic rings. The molecule has 30 heavy (non-hydrogen) atoms. The Kier molecular flexibility index (Phi) is 4.26. The standard InChI is InChI=1S/C22H18N8/c23-5-3-15-9-22(10-15,4-6-24)30-14-17(13-28-30)21-18-2-1-7-25-20(18)8-19(29-21)16-11-26-27-12-16/h1-2,7-8,11-15H,3-4,9-10H2,(H,26,27). The van der Waals surface area contributed by atoms with Crippen LogP contribution >= 0.6 is 0 Å². The molecule has 0 bridgehead atoms. The first-order chi connectivity index (χ1) is 14.7. The second-order valence-corrected chi connectivity index (χ2v) is 7.78. The molecule has 0 aromatic carbocycles. The summed E-state index contributed by atoms with van der Waals surface area (Å²) in [6.45, 7) is 0. The van der Waals surface area contributed by atoms with Crippen molar-refractivity contribution in [2.24, 2.45) is 5.92 Å². The van der Waals surface area contributed by atoms with Gasteiger partial charge in [0.15, 0.2) is 0 Å². The number of nitriles is 2. The fourth-order valence-electron chi connectivity index (χ4n) is 4.39. The summed E-state index contributed by atoms with van der Waals surface area (Å²) in [6.07, 6.45) is 11.5. The first-order valence-corrected chi connectivity index (χ1v) is 9.77. The topological polar surface area (TPSA) is 120 Å². The first kappa shape index (κ1) is 18.0. The van der Waals surface area contributed by atoms with Crippen molar-refractivity contribution in [2.75, 3.05) is 0 Å². The minimum atomic E-state index is -0.343. The molecule has 4 aromatic heterocycles. The highest BCUT2D eigenvalue weighted by Crippen LogP contribution is 2.48. The van der Waals surface area contributed by atoms with Crippen LogP contribution in [0.1, 0.15) is 25.7 Å². The molecule has 0 radical (unpaired) electrons. The zero-order chi connectivity index (χ0) is 20.6. The molecule has 0 unspecified atom stereocenters. The van der Waals surface area contributed by atoms with E-state index in [9.17, 15) is 5.26 Å². The van der Waals surface area contributed by atoms with Crippen LogP contribution in [0.3, 0.4) is 0 Å². The lowest BCUT2D eigenvalue weighted by atomic mass is 9.66. The van der Waals surface area contributed by atoms with E-state index in [0.717, 1.165) is 46.3 Å². The predicted molar refractivity (Wildman–Crippen MR) is 109 cm³/mol. The molecule has 5 rings (SSSR count). The highest BCUT2D eigenvalue weighted by Gasteiger charge is 2.46. The Balaban J connectivity index is 1.58. The molecular formula is C22H18N8. The van der Waals surface area contributed by atoms with E-state index in [1.807, 2.05) is 29.1 Å². The van der Waals surface area contributed by atoms with Crippen LogP contribution in [-0.2, 0) is 5.54 Å². The Morgan fingerprint density at radius 1 is 1.20 bits per heavy atom. The van der Waals surface area contributed by atoms with Crippen molar-refractivity contribution in [3.05, 3.63) is 49.2 Å². The van der Waals surface area contributed by atoms with E-state index in [-0.39, 0.29) is 5.54 Å². The van der Waals surface area contributed by atoms with Gasteiger partial charge in [-0.25, -0.2) is 4.98 Å². The maximum Gasteiger partial charge on any atom is 0.0835 e. The zero-order valence-electron chi connectivity index (χ0n) is 16.2. The molecule has 146 valence electrons. The maximum absolute atomic E-state index is 9.37. The molecule has 0 saturated heterocycles. The molecule has 0 spiro atoms. The molecule has 1 saturated carbocycles. The van der Waals surface area contributed by atoms with Gasteiger partial charge in [-0.3, -0.25) is 14.8 Å². The lowest BCUT2D eigenvalue weighted by Crippen LogP contribution is -2.46. The minimum absolute atomic E-state index is 0.323. The number of fused-ring (bicyclic) bond motifs is 1. The fourth-order valence-corrected chi connectivity index (χ4v) is 4.39. The largest absolute Gasteiger partial charge is 0.285 e. The van der Waals surface area contributed by atoms with Crippen LogP contribution in [0.25, 0.3) is 33.4 Å². The summed E-state index contributed by atoms with van der Waals surface area (Å²) in [5.41, 5.74) is 3.83.